The highest BCUT2D eigenvalue weighted by atomic mass is 79.9. The molecule has 1 aliphatic heterocycles. The van der Waals surface area contributed by atoms with Crippen LogP contribution in [0.5, 0.6) is 5.75 Å². The number of carbonyl (C=O) groups excluding carboxylic acids is 1. The Kier molecular flexibility index (Phi) is 12.9. The van der Waals surface area contributed by atoms with Crippen molar-refractivity contribution in [2.45, 2.75) is 79.9 Å². The number of ether oxygens (including phenoxy) is 1. The van der Waals surface area contributed by atoms with Crippen LogP contribution < -0.4 is 10.5 Å². The first kappa shape index (κ1) is 41.2. The molecule has 1 atom stereocenters. The van der Waals surface area contributed by atoms with Crippen molar-refractivity contribution in [2.75, 3.05) is 19.6 Å². The van der Waals surface area contributed by atoms with Gasteiger partial charge in [0.1, 0.15) is 12.3 Å². The number of benzene rings is 3. The van der Waals surface area contributed by atoms with Gasteiger partial charge >= 0.3 is 18.3 Å². The molecule has 0 aromatic heterocycles. The topological polar surface area (TPSA) is 130 Å². The molecule has 0 spiro atoms. The summed E-state index contributed by atoms with van der Waals surface area (Å²) in [5.41, 5.74) is 5.08. The van der Waals surface area contributed by atoms with E-state index in [1.807, 2.05) is 0 Å². The van der Waals surface area contributed by atoms with Crippen LogP contribution in [0.25, 0.3) is 10.8 Å². The molecule has 3 N–H and O–H groups in total. The summed E-state index contributed by atoms with van der Waals surface area (Å²) in [6.07, 6.45) is -5.87. The quantitative estimate of drug-likeness (QED) is 0.218. The molecule has 1 amide bonds. The summed E-state index contributed by atoms with van der Waals surface area (Å²) in [5.74, 6) is -7.98. The summed E-state index contributed by atoms with van der Waals surface area (Å²) < 4.78 is 141. The van der Waals surface area contributed by atoms with Crippen LogP contribution in [0.4, 0.5) is 35.1 Å². The Bertz CT molecular complexity index is 1830. The maximum Gasteiger partial charge on any atom is 0.490 e. The summed E-state index contributed by atoms with van der Waals surface area (Å²) in [6.45, 7) is -2.51. The Morgan fingerprint density at radius 1 is 0.885 bits per heavy atom. The van der Waals surface area contributed by atoms with E-state index < -0.39 is 67.5 Å². The van der Waals surface area contributed by atoms with E-state index in [2.05, 4.69) is 15.9 Å². The summed E-state index contributed by atoms with van der Waals surface area (Å²) in [6, 6.07) is 9.43. The van der Waals surface area contributed by atoms with Gasteiger partial charge in [0, 0.05) is 29.2 Å². The van der Waals surface area contributed by atoms with Crippen molar-refractivity contribution in [3.63, 3.8) is 0 Å². The lowest BCUT2D eigenvalue weighted by molar-refractivity contribution is -0.192. The van der Waals surface area contributed by atoms with Gasteiger partial charge in [-0.2, -0.15) is 39.4 Å². The number of fused-ring (bicyclic) bond motifs is 1. The number of nitrogens with zero attached hydrogens (tertiary/aromatic N) is 2. The number of alkyl halides is 8. The van der Waals surface area contributed by atoms with E-state index in [-0.39, 0.29) is 38.1 Å². The number of hydrogen-bond acceptors (Lipinski definition) is 6. The van der Waals surface area contributed by atoms with Crippen LogP contribution in [-0.2, 0) is 25.5 Å². The molecule has 0 radical (unpaired) electrons. The molecule has 5 rings (SSSR count). The van der Waals surface area contributed by atoms with E-state index in [1.165, 1.54) is 18.2 Å². The van der Waals surface area contributed by atoms with Gasteiger partial charge in [-0.15, -0.1) is 0 Å². The van der Waals surface area contributed by atoms with E-state index in [0.717, 1.165) is 54.8 Å². The molecule has 0 bridgehead atoms. The molecule has 52 heavy (non-hydrogen) atoms. The lowest BCUT2D eigenvalue weighted by Gasteiger charge is -2.40. The second-order valence-corrected chi connectivity index (χ2v) is 15.2. The van der Waals surface area contributed by atoms with Crippen molar-refractivity contribution in [1.29, 1.82) is 0 Å². The summed E-state index contributed by atoms with van der Waals surface area (Å²) >= 11 is 3.13. The van der Waals surface area contributed by atoms with E-state index in [9.17, 15) is 39.6 Å². The van der Waals surface area contributed by atoms with E-state index >= 15 is 8.78 Å². The van der Waals surface area contributed by atoms with Crippen LogP contribution in [0.3, 0.4) is 0 Å². The first-order valence-corrected chi connectivity index (χ1v) is 18.1. The lowest BCUT2D eigenvalue weighted by atomic mass is 9.98. The molecule has 1 saturated heterocycles. The fraction of sp³-hybridized carbons (Fsp3) is 0.455. The highest BCUT2D eigenvalue weighted by Crippen LogP contribution is 2.41. The van der Waals surface area contributed by atoms with Crippen molar-refractivity contribution in [1.82, 2.24) is 9.21 Å². The van der Waals surface area contributed by atoms with Crippen molar-refractivity contribution >= 4 is 48.6 Å². The van der Waals surface area contributed by atoms with Gasteiger partial charge in [0.05, 0.1) is 11.0 Å². The minimum absolute atomic E-state index is 0.0653. The number of nitrogens with two attached hydrogens (primary N) is 1. The molecule has 286 valence electrons. The zero-order valence-corrected chi connectivity index (χ0v) is 29.5. The highest BCUT2D eigenvalue weighted by Gasteiger charge is 2.57. The number of halogens is 9. The third-order valence-electron chi connectivity index (χ3n) is 8.52. The van der Waals surface area contributed by atoms with Gasteiger partial charge in [0.25, 0.3) is 5.92 Å². The average Bonchev–Trinajstić information content (AvgIpc) is 3.57. The Morgan fingerprint density at radius 2 is 1.42 bits per heavy atom. The molecule has 2 aliphatic rings. The number of likely N-dealkylation sites (tertiary alicyclic amines) is 1. The number of amides is 1. The number of aliphatic carboxylic acids is 1. The van der Waals surface area contributed by atoms with Gasteiger partial charge in [-0.3, -0.25) is 4.79 Å². The predicted octanol–water partition coefficient (Wildman–Crippen LogP) is 7.22. The summed E-state index contributed by atoms with van der Waals surface area (Å²) in [5, 5.41) is 8.01. The number of carboxylic acids is 1. The minimum Gasteiger partial charge on any atom is -0.490 e. The second kappa shape index (κ2) is 16.2. The Morgan fingerprint density at radius 3 is 1.96 bits per heavy atom. The van der Waals surface area contributed by atoms with E-state index in [1.54, 1.807) is 18.2 Å². The summed E-state index contributed by atoms with van der Waals surface area (Å²) in [4.78, 5) is 23.0. The van der Waals surface area contributed by atoms with E-state index in [0.29, 0.717) is 21.0 Å². The number of piperidine rings is 1. The molecule has 1 aliphatic carbocycles. The van der Waals surface area contributed by atoms with Crippen molar-refractivity contribution in [2.24, 2.45) is 5.73 Å². The number of hydrogen-bond donors (Lipinski definition) is 2. The van der Waals surface area contributed by atoms with Crippen molar-refractivity contribution in [3.05, 3.63) is 70.7 Å². The molecule has 19 heteroatoms. The zero-order chi connectivity index (χ0) is 38.6. The van der Waals surface area contributed by atoms with Crippen LogP contribution >= 0.6 is 15.9 Å². The molecular weight excluding hydrogens is 798 g/mol. The first-order valence-electron chi connectivity index (χ1n) is 15.9. The highest BCUT2D eigenvalue weighted by molar-refractivity contribution is 9.10. The van der Waals surface area contributed by atoms with Crippen LogP contribution in [0, 0.1) is 0 Å². The minimum atomic E-state index is -5.33. The Hall–Kier alpha value is -3.55. The van der Waals surface area contributed by atoms with Crippen LogP contribution in [-0.4, -0.2) is 84.8 Å². The molecule has 2 fully saturated rings. The van der Waals surface area contributed by atoms with Gasteiger partial charge in [-0.25, -0.2) is 13.2 Å². The second-order valence-electron chi connectivity index (χ2n) is 12.4. The molecular formula is C33H34BrF8N3O6S. The fourth-order valence-electron chi connectivity index (χ4n) is 5.84. The number of sulfonamides is 1. The van der Waals surface area contributed by atoms with Crippen LogP contribution in [0.15, 0.2) is 70.0 Å². The normalized spacial score (nSPS) is 17.2. The van der Waals surface area contributed by atoms with E-state index in [4.69, 9.17) is 20.4 Å². The number of carbonyl (C=O) groups is 2. The smallest absolute Gasteiger partial charge is 0.490 e. The maximum absolute atomic E-state index is 16.4. The molecule has 1 heterocycles. The molecule has 3 aromatic rings. The summed E-state index contributed by atoms with van der Waals surface area (Å²) in [7, 11) is -5.33. The third-order valence-corrected chi connectivity index (χ3v) is 10.9. The van der Waals surface area contributed by atoms with Gasteiger partial charge in [-0.1, -0.05) is 40.2 Å². The van der Waals surface area contributed by atoms with Gasteiger partial charge in [0.15, 0.2) is 6.04 Å². The fourth-order valence-corrected chi connectivity index (χ4v) is 7.71. The van der Waals surface area contributed by atoms with Crippen molar-refractivity contribution in [3.8, 4) is 5.75 Å². The first-order chi connectivity index (χ1) is 24.1. The Labute approximate surface area is 301 Å². The predicted molar refractivity (Wildman–Crippen MR) is 176 cm³/mol. The number of rotatable bonds is 9. The van der Waals surface area contributed by atoms with Crippen molar-refractivity contribution < 1.29 is 63.0 Å². The molecule has 9 nitrogen and oxygen atoms in total. The molecule has 3 aromatic carbocycles. The standard InChI is InChI=1S/C31H33BrF5N3O4S.C2HF3O2/c32-23-9-7-22(8-10-23)31(36,37)28(29(41)39-15-13-24(38)14-16-39)40(19-30(33,34)35)45(42,43)27-12-6-20-17-26(11-5-21(20)18-27)44-25-3-1-2-4-25;3-2(4,5)1(6)7/h5-12,17-18,24-25,28H,1-4,13-16,19,38H2;(H,6,7). The SMILES string of the molecule is NC1CCN(C(=O)C(N(CC(F)(F)F)S(=O)(=O)c2ccc3cc(OC4CCCC4)ccc3c2)C(F)(F)c2ccc(Br)cc2)CC1.O=C(O)C(F)(F)F. The largest absolute Gasteiger partial charge is 0.490 e. The third kappa shape index (κ3) is 10.3. The maximum atomic E-state index is 16.4. The number of carboxylic acid groups (broad SMARTS) is 1. The van der Waals surface area contributed by atoms with Crippen LogP contribution in [0.2, 0.25) is 0 Å². The monoisotopic (exact) mass is 831 g/mol. The lowest BCUT2D eigenvalue weighted by Crippen LogP contribution is -2.60. The van der Waals surface area contributed by atoms with Gasteiger partial charge < -0.3 is 20.5 Å². The van der Waals surface area contributed by atoms with Gasteiger partial charge in [0.2, 0.25) is 15.9 Å². The Balaban J connectivity index is 0.000000785. The van der Waals surface area contributed by atoms with Gasteiger partial charge in [-0.05, 0) is 85.7 Å². The molecule has 1 saturated carbocycles. The molecule has 1 unspecified atom stereocenters. The van der Waals surface area contributed by atoms with Crippen LogP contribution in [0.1, 0.15) is 44.1 Å². The average molecular weight is 833 g/mol. The zero-order valence-electron chi connectivity index (χ0n) is 27.1.